The molecule has 28 heavy (non-hydrogen) atoms. The number of rotatable bonds is 7. The van der Waals surface area contributed by atoms with Crippen molar-refractivity contribution in [2.75, 3.05) is 13.6 Å². The Labute approximate surface area is 168 Å². The van der Waals surface area contributed by atoms with Gasteiger partial charge in [0, 0.05) is 18.5 Å². The smallest absolute Gasteiger partial charge is 0.243 e. The number of nitrogens with one attached hydrogen (secondary N) is 1. The van der Waals surface area contributed by atoms with Crippen LogP contribution >= 0.6 is 0 Å². The van der Waals surface area contributed by atoms with Gasteiger partial charge in [0.25, 0.3) is 0 Å². The summed E-state index contributed by atoms with van der Waals surface area (Å²) in [6.45, 7) is 4.83. The van der Waals surface area contributed by atoms with Crippen LogP contribution in [0, 0.1) is 5.41 Å². The summed E-state index contributed by atoms with van der Waals surface area (Å²) >= 11 is 0. The van der Waals surface area contributed by atoms with E-state index in [9.17, 15) is 21.6 Å². The average Bonchev–Trinajstić information content (AvgIpc) is 2.65. The number of sulfonamides is 2. The van der Waals surface area contributed by atoms with E-state index in [0.717, 1.165) is 32.1 Å². The van der Waals surface area contributed by atoms with Crippen LogP contribution in [0.25, 0.3) is 0 Å². The third-order valence-corrected chi connectivity index (χ3v) is 8.50. The topological polar surface area (TPSA) is 101 Å². The largest absolute Gasteiger partial charge is 0.298 e. The average molecular weight is 431 g/mol. The minimum atomic E-state index is -3.90. The van der Waals surface area contributed by atoms with E-state index in [2.05, 4.69) is 4.72 Å². The zero-order valence-corrected chi connectivity index (χ0v) is 18.6. The first-order valence-electron chi connectivity index (χ1n) is 9.47. The van der Waals surface area contributed by atoms with Gasteiger partial charge in [-0.25, -0.2) is 21.6 Å². The maximum atomic E-state index is 12.8. The molecule has 2 rings (SSSR count). The molecule has 0 amide bonds. The maximum absolute atomic E-state index is 12.8. The summed E-state index contributed by atoms with van der Waals surface area (Å²) in [6, 6.07) is 5.09. The molecule has 1 N–H and O–H groups in total. The molecule has 0 unspecified atom stereocenters. The van der Waals surface area contributed by atoms with Gasteiger partial charge in [0.2, 0.25) is 20.0 Å². The molecule has 1 saturated carbocycles. The summed E-state index contributed by atoms with van der Waals surface area (Å²) in [5.41, 5.74) is -0.649. The van der Waals surface area contributed by atoms with Crippen LogP contribution in [-0.2, 0) is 24.8 Å². The number of carbonyl (C=O) groups excluding carboxylic acids is 1. The normalized spacial score (nSPS) is 17.0. The molecule has 0 radical (unpaired) electrons. The van der Waals surface area contributed by atoms with Crippen LogP contribution in [0.3, 0.4) is 0 Å². The third-order valence-electron chi connectivity index (χ3n) is 5.16. The summed E-state index contributed by atoms with van der Waals surface area (Å²) in [5.74, 6) is -0.232. The van der Waals surface area contributed by atoms with E-state index in [4.69, 9.17) is 0 Å². The van der Waals surface area contributed by atoms with Crippen molar-refractivity contribution in [3.8, 4) is 0 Å². The first-order valence-corrected chi connectivity index (χ1v) is 12.4. The Balaban J connectivity index is 2.14. The lowest BCUT2D eigenvalue weighted by molar-refractivity contribution is -0.125. The number of carbonyl (C=O) groups is 1. The number of nitrogens with zero attached hydrogens (tertiary/aromatic N) is 1. The third kappa shape index (κ3) is 5.40. The molecule has 0 spiro atoms. The summed E-state index contributed by atoms with van der Waals surface area (Å²) in [7, 11) is -6.00. The Kier molecular flexibility index (Phi) is 7.07. The lowest BCUT2D eigenvalue weighted by atomic mass is 9.91. The SMILES string of the molecule is CN(C1CCCCC1)S(=O)(=O)c1ccc(S(=O)(=O)NCC(=O)C(C)(C)C)cc1. The van der Waals surface area contributed by atoms with Gasteiger partial charge in [0.15, 0.2) is 5.78 Å². The molecule has 0 saturated heterocycles. The molecule has 0 atom stereocenters. The van der Waals surface area contributed by atoms with Crippen LogP contribution < -0.4 is 4.72 Å². The molecule has 1 aromatic carbocycles. The highest BCUT2D eigenvalue weighted by molar-refractivity contribution is 7.89. The molecule has 1 fully saturated rings. The van der Waals surface area contributed by atoms with Crippen molar-refractivity contribution in [1.82, 2.24) is 9.03 Å². The van der Waals surface area contributed by atoms with E-state index < -0.39 is 25.5 Å². The van der Waals surface area contributed by atoms with Gasteiger partial charge in [-0.05, 0) is 37.1 Å². The summed E-state index contributed by atoms with van der Waals surface area (Å²) in [4.78, 5) is 11.9. The zero-order chi connectivity index (χ0) is 21.2. The van der Waals surface area contributed by atoms with Crippen LogP contribution in [0.4, 0.5) is 0 Å². The van der Waals surface area contributed by atoms with E-state index in [1.54, 1.807) is 27.8 Å². The monoisotopic (exact) mass is 430 g/mol. The van der Waals surface area contributed by atoms with Gasteiger partial charge in [-0.2, -0.15) is 4.31 Å². The number of ketones is 1. The fourth-order valence-electron chi connectivity index (χ4n) is 3.11. The molecular weight excluding hydrogens is 400 g/mol. The number of hydrogen-bond donors (Lipinski definition) is 1. The van der Waals surface area contributed by atoms with Crippen molar-refractivity contribution in [2.24, 2.45) is 5.41 Å². The summed E-state index contributed by atoms with van der Waals surface area (Å²) in [6.07, 6.45) is 4.84. The van der Waals surface area contributed by atoms with Crippen molar-refractivity contribution < 1.29 is 21.6 Å². The number of hydrogen-bond acceptors (Lipinski definition) is 5. The maximum Gasteiger partial charge on any atom is 0.243 e. The van der Waals surface area contributed by atoms with Gasteiger partial charge < -0.3 is 0 Å². The van der Waals surface area contributed by atoms with E-state index in [-0.39, 0.29) is 28.2 Å². The van der Waals surface area contributed by atoms with Gasteiger partial charge in [-0.1, -0.05) is 40.0 Å². The molecule has 0 aromatic heterocycles. The summed E-state index contributed by atoms with van der Waals surface area (Å²) in [5, 5.41) is 0. The Hall–Kier alpha value is -1.29. The van der Waals surface area contributed by atoms with Crippen molar-refractivity contribution in [2.45, 2.75) is 68.7 Å². The molecule has 0 heterocycles. The zero-order valence-electron chi connectivity index (χ0n) is 16.9. The lowest BCUT2D eigenvalue weighted by Crippen LogP contribution is -2.38. The van der Waals surface area contributed by atoms with Gasteiger partial charge in [0.05, 0.1) is 16.3 Å². The van der Waals surface area contributed by atoms with E-state index in [1.807, 2.05) is 0 Å². The lowest BCUT2D eigenvalue weighted by Gasteiger charge is -2.30. The summed E-state index contributed by atoms with van der Waals surface area (Å²) < 4.78 is 54.1. The molecule has 7 nitrogen and oxygen atoms in total. The van der Waals surface area contributed by atoms with E-state index >= 15 is 0 Å². The quantitative estimate of drug-likeness (QED) is 0.716. The molecule has 1 aliphatic carbocycles. The minimum absolute atomic E-state index is 0.0211. The number of Topliss-reactive ketones (excluding diaryl/α,β-unsaturated/α-hetero) is 1. The molecule has 1 aromatic rings. The van der Waals surface area contributed by atoms with Crippen LogP contribution in [0.5, 0.6) is 0 Å². The molecule has 9 heteroatoms. The Morgan fingerprint density at radius 1 is 1.00 bits per heavy atom. The second-order valence-electron chi connectivity index (χ2n) is 8.28. The van der Waals surface area contributed by atoms with Crippen LogP contribution in [0.15, 0.2) is 34.1 Å². The van der Waals surface area contributed by atoms with Gasteiger partial charge >= 0.3 is 0 Å². The first-order chi connectivity index (χ1) is 12.9. The van der Waals surface area contributed by atoms with Crippen LogP contribution in [-0.4, -0.2) is 46.6 Å². The fourth-order valence-corrected chi connectivity index (χ4v) is 5.51. The molecule has 1 aliphatic rings. The van der Waals surface area contributed by atoms with Crippen LogP contribution in [0.1, 0.15) is 52.9 Å². The molecule has 0 aliphatic heterocycles. The second kappa shape index (κ2) is 8.61. The van der Waals surface area contributed by atoms with E-state index in [0.29, 0.717) is 0 Å². The fraction of sp³-hybridized carbons (Fsp3) is 0.632. The number of benzene rings is 1. The van der Waals surface area contributed by atoms with Crippen molar-refractivity contribution in [3.63, 3.8) is 0 Å². The highest BCUT2D eigenvalue weighted by Crippen LogP contribution is 2.27. The standard InChI is InChI=1S/C19H30N2O5S2/c1-19(2,3)18(22)14-20-27(23,24)16-10-12-17(13-11-16)28(25,26)21(4)15-8-6-5-7-9-15/h10-13,15,20H,5-9,14H2,1-4H3. The van der Waals surface area contributed by atoms with E-state index in [1.165, 1.54) is 28.6 Å². The molecule has 158 valence electrons. The Morgan fingerprint density at radius 2 is 1.50 bits per heavy atom. The van der Waals surface area contributed by atoms with Gasteiger partial charge in [-0.15, -0.1) is 0 Å². The van der Waals surface area contributed by atoms with Gasteiger partial charge in [-0.3, -0.25) is 4.79 Å². The van der Waals surface area contributed by atoms with Crippen LogP contribution in [0.2, 0.25) is 0 Å². The predicted octanol–water partition coefficient (Wildman–Crippen LogP) is 2.53. The van der Waals surface area contributed by atoms with Crippen molar-refractivity contribution in [1.29, 1.82) is 0 Å². The molecular formula is C19H30N2O5S2. The minimum Gasteiger partial charge on any atom is -0.298 e. The predicted molar refractivity (Wildman–Crippen MR) is 108 cm³/mol. The van der Waals surface area contributed by atoms with Crippen molar-refractivity contribution in [3.05, 3.63) is 24.3 Å². The first kappa shape index (κ1) is 23.0. The van der Waals surface area contributed by atoms with Gasteiger partial charge in [0.1, 0.15) is 0 Å². The second-order valence-corrected chi connectivity index (χ2v) is 12.0. The highest BCUT2D eigenvalue weighted by atomic mass is 32.2. The Morgan fingerprint density at radius 3 is 2.00 bits per heavy atom. The van der Waals surface area contributed by atoms with Crippen molar-refractivity contribution >= 4 is 25.8 Å². The molecule has 0 bridgehead atoms. The Bertz CT molecular complexity index is 895. The highest BCUT2D eigenvalue weighted by Gasteiger charge is 2.29.